The zero-order valence-corrected chi connectivity index (χ0v) is 49.3. The number of hydrogen-bond acceptors (Lipinski definition) is 6. The number of unbranched alkanes of at least 4 members (excludes halogenated alkanes) is 30. The molecule has 0 N–H and O–H groups in total. The Kier molecular flexibility index (Phi) is 59.8. The van der Waals surface area contributed by atoms with E-state index < -0.39 is 6.10 Å². The molecule has 1 unspecified atom stereocenters. The molecule has 6 nitrogen and oxygen atoms in total. The minimum absolute atomic E-state index is 0.0865. The van der Waals surface area contributed by atoms with Gasteiger partial charge >= 0.3 is 17.9 Å². The van der Waals surface area contributed by atoms with Gasteiger partial charge in [0.2, 0.25) is 0 Å². The van der Waals surface area contributed by atoms with Gasteiger partial charge in [-0.25, -0.2) is 0 Å². The van der Waals surface area contributed by atoms with E-state index in [9.17, 15) is 14.4 Å². The van der Waals surface area contributed by atoms with Crippen LogP contribution in [0.5, 0.6) is 0 Å². The van der Waals surface area contributed by atoms with Crippen LogP contribution in [-0.4, -0.2) is 37.2 Å². The third kappa shape index (κ3) is 61.1. The van der Waals surface area contributed by atoms with Crippen LogP contribution in [0.2, 0.25) is 0 Å². The second-order valence-electron chi connectivity index (χ2n) is 20.9. The van der Waals surface area contributed by atoms with Crippen molar-refractivity contribution in [2.75, 3.05) is 13.2 Å². The fourth-order valence-electron chi connectivity index (χ4n) is 8.79. The summed E-state index contributed by atoms with van der Waals surface area (Å²) in [5.41, 5.74) is 0. The molecule has 6 heteroatoms. The molecule has 0 saturated heterocycles. The molecule has 0 aromatic rings. The van der Waals surface area contributed by atoms with Gasteiger partial charge in [-0.05, 0) is 122 Å². The Morgan fingerprint density at radius 3 is 0.853 bits per heavy atom. The average molecular weight is 1040 g/mol. The van der Waals surface area contributed by atoms with Gasteiger partial charge in [-0.15, -0.1) is 0 Å². The molecule has 0 bridgehead atoms. The molecule has 0 fully saturated rings. The first-order valence-corrected chi connectivity index (χ1v) is 31.7. The first-order chi connectivity index (χ1) is 37.0. The molecule has 0 aromatic heterocycles. The Morgan fingerprint density at radius 1 is 0.280 bits per heavy atom. The molecule has 0 aliphatic heterocycles. The molecule has 75 heavy (non-hydrogen) atoms. The summed E-state index contributed by atoms with van der Waals surface area (Å²) in [5, 5.41) is 0. The van der Waals surface area contributed by atoms with Crippen molar-refractivity contribution < 1.29 is 28.6 Å². The van der Waals surface area contributed by atoms with Crippen molar-refractivity contribution in [1.29, 1.82) is 0 Å². The minimum Gasteiger partial charge on any atom is -0.462 e. The van der Waals surface area contributed by atoms with E-state index in [2.05, 4.69) is 118 Å². The van der Waals surface area contributed by atoms with E-state index in [1.165, 1.54) is 154 Å². The van der Waals surface area contributed by atoms with Gasteiger partial charge in [-0.1, -0.05) is 259 Å². The lowest BCUT2D eigenvalue weighted by Crippen LogP contribution is -2.30. The summed E-state index contributed by atoms with van der Waals surface area (Å²) < 4.78 is 16.9. The van der Waals surface area contributed by atoms with Crippen molar-refractivity contribution in [3.8, 4) is 0 Å². The number of rotatable bonds is 57. The molecule has 0 amide bonds. The van der Waals surface area contributed by atoms with Crippen LogP contribution in [0.1, 0.15) is 303 Å². The van der Waals surface area contributed by atoms with Gasteiger partial charge in [-0.3, -0.25) is 14.4 Å². The molecule has 0 aliphatic carbocycles. The van der Waals surface area contributed by atoms with Gasteiger partial charge in [-0.2, -0.15) is 0 Å². The average Bonchev–Trinajstić information content (AvgIpc) is 3.41. The Labute approximate surface area is 464 Å². The zero-order valence-electron chi connectivity index (χ0n) is 49.3. The minimum atomic E-state index is -0.790. The van der Waals surface area contributed by atoms with Crippen LogP contribution >= 0.6 is 0 Å². The van der Waals surface area contributed by atoms with Crippen LogP contribution in [-0.2, 0) is 28.6 Å². The molecule has 430 valence electrons. The van der Waals surface area contributed by atoms with Gasteiger partial charge in [0, 0.05) is 19.3 Å². The van der Waals surface area contributed by atoms with E-state index in [0.717, 1.165) is 109 Å². The van der Waals surface area contributed by atoms with E-state index in [1.54, 1.807) is 0 Å². The number of ether oxygens (including phenoxy) is 3. The van der Waals surface area contributed by atoms with E-state index in [4.69, 9.17) is 14.2 Å². The van der Waals surface area contributed by atoms with Gasteiger partial charge in [0.1, 0.15) is 13.2 Å². The summed E-state index contributed by atoms with van der Waals surface area (Å²) in [5.74, 6) is -0.900. The summed E-state index contributed by atoms with van der Waals surface area (Å²) in [6.45, 7) is 6.50. The Bertz CT molecular complexity index is 1480. The topological polar surface area (TPSA) is 78.9 Å². The molecular formula is C69H118O6. The first kappa shape index (κ1) is 71.3. The third-order valence-electron chi connectivity index (χ3n) is 13.5. The zero-order chi connectivity index (χ0) is 54.3. The van der Waals surface area contributed by atoms with Gasteiger partial charge in [0.15, 0.2) is 6.10 Å². The van der Waals surface area contributed by atoms with Crippen molar-refractivity contribution in [2.45, 2.75) is 309 Å². The molecule has 0 saturated carbocycles. The Balaban J connectivity index is 4.40. The summed E-state index contributed by atoms with van der Waals surface area (Å²) in [7, 11) is 0. The highest BCUT2D eigenvalue weighted by molar-refractivity contribution is 5.71. The summed E-state index contributed by atoms with van der Waals surface area (Å²) >= 11 is 0. The molecule has 0 rings (SSSR count). The second kappa shape index (κ2) is 62.9. The fourth-order valence-corrected chi connectivity index (χ4v) is 8.79. The molecule has 0 spiro atoms. The lowest BCUT2D eigenvalue weighted by Gasteiger charge is -2.18. The molecule has 0 heterocycles. The van der Waals surface area contributed by atoms with Gasteiger partial charge in [0.05, 0.1) is 0 Å². The van der Waals surface area contributed by atoms with Gasteiger partial charge in [0.25, 0.3) is 0 Å². The fraction of sp³-hybridized carbons (Fsp3) is 0.725. The highest BCUT2D eigenvalue weighted by Crippen LogP contribution is 2.15. The van der Waals surface area contributed by atoms with E-state index >= 15 is 0 Å². The lowest BCUT2D eigenvalue weighted by atomic mass is 10.1. The number of hydrogen-bond donors (Lipinski definition) is 0. The van der Waals surface area contributed by atoms with Gasteiger partial charge < -0.3 is 14.2 Å². The number of carbonyl (C=O) groups excluding carboxylic acids is 3. The molecule has 1 atom stereocenters. The monoisotopic (exact) mass is 1040 g/mol. The van der Waals surface area contributed by atoms with E-state index in [0.29, 0.717) is 19.3 Å². The molecular weight excluding hydrogens is 925 g/mol. The maximum atomic E-state index is 12.9. The normalized spacial score (nSPS) is 12.7. The molecule has 0 aromatic carbocycles. The standard InChI is InChI=1S/C69H118O6/c1-4-7-10-13-16-19-22-25-28-30-32-33-34-35-37-38-41-44-47-50-53-56-59-62-68(71)74-65-66(64-73-67(70)61-58-55-52-49-46-43-40-27-24-21-18-15-12-9-6-3)75-69(72)63-60-57-54-51-48-45-42-39-36-31-29-26-23-20-17-14-11-8-5-2/h7,10,16-17,19-20,25-29,32-33,35,37,40,66H,4-6,8-9,11-15,18,21-24,30-31,34,36,38-39,41-65H2,1-3H3/b10-7-,19-16-,20-17-,28-25-,29-26-,33-32-,37-35-,40-27-. The predicted octanol–water partition coefficient (Wildman–Crippen LogP) is 21.7. The van der Waals surface area contributed by atoms with E-state index in [-0.39, 0.29) is 31.1 Å². The maximum Gasteiger partial charge on any atom is 0.306 e. The van der Waals surface area contributed by atoms with Crippen LogP contribution in [0.4, 0.5) is 0 Å². The third-order valence-corrected chi connectivity index (χ3v) is 13.5. The quantitative estimate of drug-likeness (QED) is 0.0261. The molecule has 0 radical (unpaired) electrons. The summed E-state index contributed by atoms with van der Waals surface area (Å²) in [6.07, 6.45) is 84.0. The smallest absolute Gasteiger partial charge is 0.306 e. The summed E-state index contributed by atoms with van der Waals surface area (Å²) in [6, 6.07) is 0. The Hall–Kier alpha value is -3.67. The number of allylic oxidation sites excluding steroid dienone is 16. The van der Waals surface area contributed by atoms with Crippen LogP contribution in [0, 0.1) is 0 Å². The van der Waals surface area contributed by atoms with Crippen molar-refractivity contribution in [3.05, 3.63) is 97.2 Å². The molecule has 0 aliphatic rings. The lowest BCUT2D eigenvalue weighted by molar-refractivity contribution is -0.167. The van der Waals surface area contributed by atoms with Crippen LogP contribution in [0.15, 0.2) is 97.2 Å². The summed E-state index contributed by atoms with van der Waals surface area (Å²) in [4.78, 5) is 38.3. The van der Waals surface area contributed by atoms with Crippen LogP contribution < -0.4 is 0 Å². The second-order valence-corrected chi connectivity index (χ2v) is 20.9. The predicted molar refractivity (Wildman–Crippen MR) is 325 cm³/mol. The van der Waals surface area contributed by atoms with Crippen LogP contribution in [0.3, 0.4) is 0 Å². The number of esters is 3. The van der Waals surface area contributed by atoms with Crippen LogP contribution in [0.25, 0.3) is 0 Å². The SMILES string of the molecule is CC/C=C\C/C=C\C/C=C\C/C=C\C/C=C\CCCCCCCCCC(=O)OCC(COC(=O)CCCCCCC/C=C\CCCCCCCC)OC(=O)CCCCCCCCCCC/C=C\C/C=C\CCCCC. The highest BCUT2D eigenvalue weighted by atomic mass is 16.6. The van der Waals surface area contributed by atoms with Crippen molar-refractivity contribution >= 4 is 17.9 Å². The first-order valence-electron chi connectivity index (χ1n) is 31.7. The highest BCUT2D eigenvalue weighted by Gasteiger charge is 2.19. The Morgan fingerprint density at radius 2 is 0.520 bits per heavy atom. The largest absolute Gasteiger partial charge is 0.462 e. The van der Waals surface area contributed by atoms with Crippen molar-refractivity contribution in [2.24, 2.45) is 0 Å². The van der Waals surface area contributed by atoms with Crippen molar-refractivity contribution in [3.63, 3.8) is 0 Å². The van der Waals surface area contributed by atoms with Crippen molar-refractivity contribution in [1.82, 2.24) is 0 Å². The van der Waals surface area contributed by atoms with E-state index in [1.807, 2.05) is 0 Å². The number of carbonyl (C=O) groups is 3. The maximum absolute atomic E-state index is 12.9.